The molecule has 2 aliphatic carbocycles. The minimum Gasteiger partial charge on any atom is -0.352 e. The van der Waals surface area contributed by atoms with Gasteiger partial charge in [-0.05, 0) is 50.7 Å². The van der Waals surface area contributed by atoms with Crippen molar-refractivity contribution in [3.63, 3.8) is 0 Å². The predicted octanol–water partition coefficient (Wildman–Crippen LogP) is 4.24. The minimum atomic E-state index is 0.00803. The summed E-state index contributed by atoms with van der Waals surface area (Å²) in [5.74, 6) is 0.393. The smallest absolute Gasteiger partial charge is 0.240 e. The van der Waals surface area contributed by atoms with Gasteiger partial charge in [0, 0.05) is 52.3 Å². The van der Waals surface area contributed by atoms with Gasteiger partial charge in [0.25, 0.3) is 0 Å². The van der Waals surface area contributed by atoms with E-state index in [0.29, 0.717) is 5.25 Å². The first-order valence-electron chi connectivity index (χ1n) is 11.0. The van der Waals surface area contributed by atoms with Gasteiger partial charge < -0.3 is 9.88 Å². The molecule has 160 valence electrons. The van der Waals surface area contributed by atoms with Crippen LogP contribution in [0.5, 0.6) is 0 Å². The first-order valence-corrected chi connectivity index (χ1v) is 11.9. The predicted molar refractivity (Wildman–Crippen MR) is 121 cm³/mol. The van der Waals surface area contributed by atoms with E-state index in [1.54, 1.807) is 24.2 Å². The molecule has 1 N–H and O–H groups in total. The molecule has 0 unspecified atom stereocenters. The molecule has 2 saturated carbocycles. The molecule has 0 atom stereocenters. The summed E-state index contributed by atoms with van der Waals surface area (Å²) in [5, 5.41) is 5.48. The monoisotopic (exact) mass is 434 g/mol. The van der Waals surface area contributed by atoms with Crippen molar-refractivity contribution < 1.29 is 9.59 Å². The first-order chi connectivity index (χ1) is 15.2. The molecule has 0 radical (unpaired) electrons. The van der Waals surface area contributed by atoms with E-state index in [4.69, 9.17) is 0 Å². The largest absolute Gasteiger partial charge is 0.352 e. The third-order valence-electron chi connectivity index (χ3n) is 6.17. The van der Waals surface area contributed by atoms with E-state index < -0.39 is 0 Å². The van der Waals surface area contributed by atoms with Crippen LogP contribution in [0.25, 0.3) is 10.9 Å². The Labute approximate surface area is 185 Å². The van der Waals surface area contributed by atoms with Crippen LogP contribution in [0.4, 0.5) is 0 Å². The number of carbonyl (C=O) groups excluding carboxylic acids is 2. The molecule has 6 nitrogen and oxygen atoms in total. The Morgan fingerprint density at radius 1 is 1.00 bits per heavy atom. The highest BCUT2D eigenvalue weighted by molar-refractivity contribution is 7.99. The molecule has 0 saturated heterocycles. The van der Waals surface area contributed by atoms with E-state index in [-0.39, 0.29) is 30.2 Å². The molecule has 0 spiro atoms. The number of fused-ring (bicyclic) bond motifs is 1. The minimum absolute atomic E-state index is 0.00803. The second-order valence-electron chi connectivity index (χ2n) is 8.52. The topological polar surface area (TPSA) is 76.9 Å². The van der Waals surface area contributed by atoms with Gasteiger partial charge in [-0.15, -0.1) is 0 Å². The summed E-state index contributed by atoms with van der Waals surface area (Å²) in [6, 6.07) is 9.91. The molecule has 2 aliphatic rings. The van der Waals surface area contributed by atoms with Crippen LogP contribution in [0.1, 0.15) is 48.9 Å². The van der Waals surface area contributed by atoms with Gasteiger partial charge in [0.2, 0.25) is 5.91 Å². The van der Waals surface area contributed by atoms with Crippen molar-refractivity contribution in [2.45, 2.75) is 61.5 Å². The maximum atomic E-state index is 12.8. The second-order valence-corrected chi connectivity index (χ2v) is 9.78. The fourth-order valence-corrected chi connectivity index (χ4v) is 5.44. The molecular formula is C24H26N4O2S. The Kier molecular flexibility index (Phi) is 5.76. The number of rotatable bonds is 7. The Bertz CT molecular complexity index is 1090. The third kappa shape index (κ3) is 4.66. The van der Waals surface area contributed by atoms with E-state index in [2.05, 4.69) is 15.3 Å². The molecule has 3 aromatic rings. The second kappa shape index (κ2) is 8.83. The van der Waals surface area contributed by atoms with Crippen molar-refractivity contribution >= 4 is 34.4 Å². The molecule has 1 aromatic carbocycles. The van der Waals surface area contributed by atoms with Crippen LogP contribution in [0, 0.1) is 5.92 Å². The summed E-state index contributed by atoms with van der Waals surface area (Å²) < 4.78 is 1.93. The summed E-state index contributed by atoms with van der Waals surface area (Å²) in [7, 11) is 0. The van der Waals surface area contributed by atoms with Crippen LogP contribution in [-0.2, 0) is 11.3 Å². The zero-order chi connectivity index (χ0) is 21.2. The Morgan fingerprint density at radius 2 is 1.74 bits per heavy atom. The molecule has 5 rings (SSSR count). The lowest BCUT2D eigenvalue weighted by molar-refractivity contribution is -0.122. The summed E-state index contributed by atoms with van der Waals surface area (Å²) in [6.45, 7) is 0.241. The standard InChI is InChI=1S/C24H26N4O2S/c29-22(27-17-8-10-18(11-9-17)31-24-25-12-3-13-26-24)15-28-14-20(23(30)16-6-7-16)19-4-1-2-5-21(19)28/h1-5,12-14,16-18H,6-11,15H2,(H,27,29). The van der Waals surface area contributed by atoms with Gasteiger partial charge in [-0.3, -0.25) is 9.59 Å². The lowest BCUT2D eigenvalue weighted by Gasteiger charge is -2.28. The van der Waals surface area contributed by atoms with Gasteiger partial charge in [0.1, 0.15) is 6.54 Å². The van der Waals surface area contributed by atoms with Crippen molar-refractivity contribution in [3.05, 3.63) is 54.5 Å². The van der Waals surface area contributed by atoms with Gasteiger partial charge in [-0.1, -0.05) is 30.0 Å². The number of ketones is 1. The average molecular weight is 435 g/mol. The van der Waals surface area contributed by atoms with E-state index in [1.807, 2.05) is 41.1 Å². The maximum Gasteiger partial charge on any atom is 0.240 e. The number of hydrogen-bond acceptors (Lipinski definition) is 5. The maximum absolute atomic E-state index is 12.8. The highest BCUT2D eigenvalue weighted by atomic mass is 32.2. The number of carbonyl (C=O) groups is 2. The van der Waals surface area contributed by atoms with Crippen LogP contribution in [0.2, 0.25) is 0 Å². The number of nitrogens with zero attached hydrogens (tertiary/aromatic N) is 3. The number of hydrogen-bond donors (Lipinski definition) is 1. The van der Waals surface area contributed by atoms with Crippen molar-refractivity contribution in [1.29, 1.82) is 0 Å². The fourth-order valence-electron chi connectivity index (χ4n) is 4.39. The summed E-state index contributed by atoms with van der Waals surface area (Å²) in [6.07, 6.45) is 11.4. The first kappa shape index (κ1) is 20.2. The molecule has 0 bridgehead atoms. The highest BCUT2D eigenvalue weighted by Crippen LogP contribution is 2.35. The van der Waals surface area contributed by atoms with Crippen LogP contribution in [-0.4, -0.2) is 37.5 Å². The number of benzene rings is 1. The van der Waals surface area contributed by atoms with Gasteiger partial charge in [0.05, 0.1) is 0 Å². The summed E-state index contributed by atoms with van der Waals surface area (Å²) in [5.41, 5.74) is 1.70. The summed E-state index contributed by atoms with van der Waals surface area (Å²) >= 11 is 1.73. The number of amides is 1. The van der Waals surface area contributed by atoms with E-state index in [1.165, 1.54) is 0 Å². The van der Waals surface area contributed by atoms with Crippen molar-refractivity contribution in [2.75, 3.05) is 0 Å². The van der Waals surface area contributed by atoms with Crippen molar-refractivity contribution in [3.8, 4) is 0 Å². The van der Waals surface area contributed by atoms with Gasteiger partial charge in [-0.25, -0.2) is 9.97 Å². The number of aromatic nitrogens is 3. The molecule has 2 fully saturated rings. The molecule has 1 amide bonds. The van der Waals surface area contributed by atoms with Crippen molar-refractivity contribution in [2.24, 2.45) is 5.92 Å². The van der Waals surface area contributed by atoms with Crippen LogP contribution >= 0.6 is 11.8 Å². The number of Topliss-reactive ketones (excluding diaryl/α,β-unsaturated/α-hetero) is 1. The van der Waals surface area contributed by atoms with Gasteiger partial charge in [-0.2, -0.15) is 0 Å². The molecule has 7 heteroatoms. The van der Waals surface area contributed by atoms with E-state index in [9.17, 15) is 9.59 Å². The Hall–Kier alpha value is -2.67. The van der Waals surface area contributed by atoms with Crippen LogP contribution < -0.4 is 5.32 Å². The van der Waals surface area contributed by atoms with Crippen LogP contribution in [0.15, 0.2) is 54.1 Å². The summed E-state index contributed by atoms with van der Waals surface area (Å²) in [4.78, 5) is 34.0. The highest BCUT2D eigenvalue weighted by Gasteiger charge is 2.32. The fraction of sp³-hybridized carbons (Fsp3) is 0.417. The van der Waals surface area contributed by atoms with E-state index >= 15 is 0 Å². The third-order valence-corrected chi connectivity index (χ3v) is 7.40. The number of nitrogens with one attached hydrogen (secondary N) is 1. The SMILES string of the molecule is O=C(Cn1cc(C(=O)C2CC2)c2ccccc21)NC1CCC(Sc2ncccn2)CC1. The lowest BCUT2D eigenvalue weighted by Crippen LogP contribution is -2.39. The molecule has 2 aromatic heterocycles. The Morgan fingerprint density at radius 3 is 2.48 bits per heavy atom. The molecule has 0 aliphatic heterocycles. The normalized spacial score (nSPS) is 21.2. The zero-order valence-corrected chi connectivity index (χ0v) is 18.2. The lowest BCUT2D eigenvalue weighted by atomic mass is 9.95. The molecule has 31 heavy (non-hydrogen) atoms. The number of thioether (sulfide) groups is 1. The van der Waals surface area contributed by atoms with Gasteiger partial charge >= 0.3 is 0 Å². The Balaban J connectivity index is 1.19. The van der Waals surface area contributed by atoms with Crippen LogP contribution in [0.3, 0.4) is 0 Å². The van der Waals surface area contributed by atoms with E-state index in [0.717, 1.165) is 60.1 Å². The van der Waals surface area contributed by atoms with Gasteiger partial charge in [0.15, 0.2) is 10.9 Å². The quantitative estimate of drug-likeness (QED) is 0.444. The molecular weight excluding hydrogens is 408 g/mol. The average Bonchev–Trinajstić information content (AvgIpc) is 3.58. The number of para-hydroxylation sites is 1. The molecule has 2 heterocycles. The van der Waals surface area contributed by atoms with Crippen molar-refractivity contribution in [1.82, 2.24) is 19.9 Å². The zero-order valence-electron chi connectivity index (χ0n) is 17.4.